The van der Waals surface area contributed by atoms with Crippen LogP contribution in [0.15, 0.2) is 36.7 Å². The summed E-state index contributed by atoms with van der Waals surface area (Å²) in [4.78, 5) is 0. The summed E-state index contributed by atoms with van der Waals surface area (Å²) in [5.41, 5.74) is 2.46. The van der Waals surface area contributed by atoms with Gasteiger partial charge in [0.15, 0.2) is 0 Å². The summed E-state index contributed by atoms with van der Waals surface area (Å²) in [6.07, 6.45) is 4.01. The SMILES string of the molecule is CCn1cc(C(C)NCc2ccc(OC)cc2)cn1. The highest BCUT2D eigenvalue weighted by Crippen LogP contribution is 2.14. The van der Waals surface area contributed by atoms with E-state index in [9.17, 15) is 0 Å². The fraction of sp³-hybridized carbons (Fsp3) is 0.400. The third kappa shape index (κ3) is 3.58. The van der Waals surface area contributed by atoms with E-state index in [-0.39, 0.29) is 0 Å². The standard InChI is InChI=1S/C15H21N3O/c1-4-18-11-14(10-17-18)12(2)16-9-13-5-7-15(19-3)8-6-13/h5-8,10-12,16H,4,9H2,1-3H3. The molecule has 0 bridgehead atoms. The van der Waals surface area contributed by atoms with Crippen LogP contribution in [-0.2, 0) is 13.1 Å². The first-order chi connectivity index (χ1) is 9.22. The van der Waals surface area contributed by atoms with E-state index in [2.05, 4.69) is 42.6 Å². The third-order valence-electron chi connectivity index (χ3n) is 3.25. The topological polar surface area (TPSA) is 39.1 Å². The van der Waals surface area contributed by atoms with Crippen molar-refractivity contribution in [1.82, 2.24) is 15.1 Å². The summed E-state index contributed by atoms with van der Waals surface area (Å²) in [6, 6.07) is 8.41. The molecule has 0 saturated carbocycles. The van der Waals surface area contributed by atoms with Gasteiger partial charge in [-0.05, 0) is 31.5 Å². The number of nitrogens with zero attached hydrogens (tertiary/aromatic N) is 2. The quantitative estimate of drug-likeness (QED) is 0.867. The molecule has 1 heterocycles. The lowest BCUT2D eigenvalue weighted by atomic mass is 10.1. The Hall–Kier alpha value is -1.81. The second-order valence-corrected chi connectivity index (χ2v) is 4.58. The summed E-state index contributed by atoms with van der Waals surface area (Å²) in [5.74, 6) is 0.890. The highest BCUT2D eigenvalue weighted by molar-refractivity contribution is 5.27. The first-order valence-electron chi connectivity index (χ1n) is 6.61. The van der Waals surface area contributed by atoms with Gasteiger partial charge in [-0.2, -0.15) is 5.10 Å². The van der Waals surface area contributed by atoms with E-state index >= 15 is 0 Å². The summed E-state index contributed by atoms with van der Waals surface area (Å²) in [5, 5.41) is 7.79. The summed E-state index contributed by atoms with van der Waals surface area (Å²) in [7, 11) is 1.68. The Balaban J connectivity index is 1.90. The van der Waals surface area contributed by atoms with Crippen molar-refractivity contribution in [2.45, 2.75) is 33.0 Å². The van der Waals surface area contributed by atoms with Crippen LogP contribution in [0.4, 0.5) is 0 Å². The fourth-order valence-electron chi connectivity index (χ4n) is 1.91. The zero-order chi connectivity index (χ0) is 13.7. The lowest BCUT2D eigenvalue weighted by molar-refractivity contribution is 0.414. The molecule has 1 aromatic carbocycles. The molecule has 19 heavy (non-hydrogen) atoms. The normalized spacial score (nSPS) is 12.4. The predicted octanol–water partition coefficient (Wildman–Crippen LogP) is 2.76. The molecule has 0 aliphatic rings. The van der Waals surface area contributed by atoms with Gasteiger partial charge in [-0.15, -0.1) is 0 Å². The number of nitrogens with one attached hydrogen (secondary N) is 1. The van der Waals surface area contributed by atoms with E-state index < -0.39 is 0 Å². The fourth-order valence-corrected chi connectivity index (χ4v) is 1.91. The second kappa shape index (κ2) is 6.38. The Kier molecular flexibility index (Phi) is 4.58. The number of aryl methyl sites for hydroxylation is 1. The van der Waals surface area contributed by atoms with E-state index in [0.717, 1.165) is 18.8 Å². The van der Waals surface area contributed by atoms with Crippen LogP contribution in [0.25, 0.3) is 0 Å². The van der Waals surface area contributed by atoms with Gasteiger partial charge in [-0.25, -0.2) is 0 Å². The number of hydrogen-bond donors (Lipinski definition) is 1. The molecule has 4 nitrogen and oxygen atoms in total. The monoisotopic (exact) mass is 259 g/mol. The van der Waals surface area contributed by atoms with Gasteiger partial charge < -0.3 is 10.1 Å². The Morgan fingerprint density at radius 1 is 1.32 bits per heavy atom. The maximum absolute atomic E-state index is 5.15. The Morgan fingerprint density at radius 3 is 2.63 bits per heavy atom. The Labute approximate surface area is 114 Å². The summed E-state index contributed by atoms with van der Waals surface area (Å²) < 4.78 is 7.09. The minimum Gasteiger partial charge on any atom is -0.497 e. The smallest absolute Gasteiger partial charge is 0.118 e. The van der Waals surface area contributed by atoms with Crippen molar-refractivity contribution in [3.63, 3.8) is 0 Å². The summed E-state index contributed by atoms with van der Waals surface area (Å²) in [6.45, 7) is 5.99. The van der Waals surface area contributed by atoms with Gasteiger partial charge in [0.1, 0.15) is 5.75 Å². The lowest BCUT2D eigenvalue weighted by Crippen LogP contribution is -2.17. The molecule has 0 aliphatic heterocycles. The summed E-state index contributed by atoms with van der Waals surface area (Å²) >= 11 is 0. The van der Waals surface area contributed by atoms with Gasteiger partial charge in [-0.1, -0.05) is 12.1 Å². The van der Waals surface area contributed by atoms with Crippen LogP contribution in [0, 0.1) is 0 Å². The average molecular weight is 259 g/mol. The van der Waals surface area contributed by atoms with Crippen molar-refractivity contribution in [3.05, 3.63) is 47.8 Å². The molecule has 2 rings (SSSR count). The van der Waals surface area contributed by atoms with Crippen molar-refractivity contribution < 1.29 is 4.74 Å². The van der Waals surface area contributed by atoms with Crippen LogP contribution in [0.2, 0.25) is 0 Å². The molecule has 2 aromatic rings. The zero-order valence-electron chi connectivity index (χ0n) is 11.8. The van der Waals surface area contributed by atoms with Gasteiger partial charge in [0.25, 0.3) is 0 Å². The van der Waals surface area contributed by atoms with E-state index in [1.807, 2.05) is 23.0 Å². The number of rotatable bonds is 6. The molecular weight excluding hydrogens is 238 g/mol. The molecule has 0 radical (unpaired) electrons. The zero-order valence-corrected chi connectivity index (χ0v) is 11.8. The van der Waals surface area contributed by atoms with E-state index in [0.29, 0.717) is 6.04 Å². The van der Waals surface area contributed by atoms with Crippen LogP contribution in [-0.4, -0.2) is 16.9 Å². The Morgan fingerprint density at radius 2 is 2.05 bits per heavy atom. The first kappa shape index (κ1) is 13.6. The molecule has 0 fully saturated rings. The molecule has 0 amide bonds. The van der Waals surface area contributed by atoms with Crippen molar-refractivity contribution in [3.8, 4) is 5.75 Å². The highest BCUT2D eigenvalue weighted by atomic mass is 16.5. The molecule has 1 N–H and O–H groups in total. The molecule has 0 aliphatic carbocycles. The van der Waals surface area contributed by atoms with Gasteiger partial charge in [0, 0.05) is 30.9 Å². The van der Waals surface area contributed by atoms with Crippen molar-refractivity contribution in [2.75, 3.05) is 7.11 Å². The molecule has 1 atom stereocenters. The number of ether oxygens (including phenoxy) is 1. The minimum atomic E-state index is 0.294. The van der Waals surface area contributed by atoms with Gasteiger partial charge in [0.05, 0.1) is 13.3 Å². The molecular formula is C15H21N3O. The molecule has 4 heteroatoms. The average Bonchev–Trinajstić information content (AvgIpc) is 2.94. The van der Waals surface area contributed by atoms with Crippen molar-refractivity contribution in [1.29, 1.82) is 0 Å². The van der Waals surface area contributed by atoms with Crippen LogP contribution in [0.1, 0.15) is 31.0 Å². The van der Waals surface area contributed by atoms with E-state index in [1.54, 1.807) is 7.11 Å². The predicted molar refractivity (Wildman–Crippen MR) is 76.1 cm³/mol. The Bertz CT molecular complexity index is 504. The number of aromatic nitrogens is 2. The lowest BCUT2D eigenvalue weighted by Gasteiger charge is -2.12. The van der Waals surface area contributed by atoms with Crippen LogP contribution >= 0.6 is 0 Å². The molecule has 0 spiro atoms. The van der Waals surface area contributed by atoms with E-state index in [1.165, 1.54) is 11.1 Å². The first-order valence-corrected chi connectivity index (χ1v) is 6.61. The maximum atomic E-state index is 5.15. The van der Waals surface area contributed by atoms with E-state index in [4.69, 9.17) is 4.74 Å². The van der Waals surface area contributed by atoms with Crippen LogP contribution < -0.4 is 10.1 Å². The van der Waals surface area contributed by atoms with Gasteiger partial charge >= 0.3 is 0 Å². The number of benzene rings is 1. The van der Waals surface area contributed by atoms with Gasteiger partial charge in [-0.3, -0.25) is 4.68 Å². The number of hydrogen-bond acceptors (Lipinski definition) is 3. The molecule has 102 valence electrons. The molecule has 1 aromatic heterocycles. The number of methoxy groups -OCH3 is 1. The highest BCUT2D eigenvalue weighted by Gasteiger charge is 2.07. The van der Waals surface area contributed by atoms with Crippen molar-refractivity contribution in [2.24, 2.45) is 0 Å². The molecule has 0 saturated heterocycles. The van der Waals surface area contributed by atoms with Gasteiger partial charge in [0.2, 0.25) is 0 Å². The second-order valence-electron chi connectivity index (χ2n) is 4.58. The van der Waals surface area contributed by atoms with Crippen LogP contribution in [0.3, 0.4) is 0 Å². The van der Waals surface area contributed by atoms with Crippen molar-refractivity contribution >= 4 is 0 Å². The minimum absolute atomic E-state index is 0.294. The van der Waals surface area contributed by atoms with Crippen LogP contribution in [0.5, 0.6) is 5.75 Å². The molecule has 1 unspecified atom stereocenters. The third-order valence-corrected chi connectivity index (χ3v) is 3.25. The largest absolute Gasteiger partial charge is 0.497 e. The maximum Gasteiger partial charge on any atom is 0.118 e.